The first kappa shape index (κ1) is 24.0. The number of nitrogens with one attached hydrogen (secondary N) is 1. The maximum Gasteiger partial charge on any atom is 0.251 e. The van der Waals surface area contributed by atoms with E-state index < -0.39 is 18.1 Å². The maximum atomic E-state index is 13.4. The number of hydrogen-bond acceptors (Lipinski definition) is 6. The number of benzene rings is 3. The van der Waals surface area contributed by atoms with Crippen molar-refractivity contribution >= 4 is 11.7 Å². The number of aliphatic hydroxyl groups excluding tert-OH is 2. The van der Waals surface area contributed by atoms with Crippen LogP contribution >= 0.6 is 0 Å². The molecule has 5 rings (SSSR count). The van der Waals surface area contributed by atoms with Gasteiger partial charge in [0, 0.05) is 21.4 Å². The Morgan fingerprint density at radius 3 is 2.50 bits per heavy atom. The molecule has 0 unspecified atom stereocenters. The van der Waals surface area contributed by atoms with Gasteiger partial charge in [-0.3, -0.25) is 9.59 Å². The lowest BCUT2D eigenvalue weighted by molar-refractivity contribution is -0.120. The number of ketones is 1. The van der Waals surface area contributed by atoms with Crippen LogP contribution in [0.5, 0.6) is 11.5 Å². The van der Waals surface area contributed by atoms with Gasteiger partial charge in [-0.05, 0) is 71.8 Å². The van der Waals surface area contributed by atoms with Gasteiger partial charge in [0.25, 0.3) is 5.91 Å². The molecule has 3 aromatic rings. The van der Waals surface area contributed by atoms with Gasteiger partial charge in [0.2, 0.25) is 6.79 Å². The maximum absolute atomic E-state index is 13.4. The number of fused-ring (bicyclic) bond motifs is 1. The number of Topliss-reactive ketones (excluding diaryl/α,β-unsaturated/α-hetero) is 1. The summed E-state index contributed by atoms with van der Waals surface area (Å²) in [6, 6.07) is 19.1. The summed E-state index contributed by atoms with van der Waals surface area (Å²) in [5.41, 5.74) is 4.99. The minimum atomic E-state index is -0.985. The van der Waals surface area contributed by atoms with Crippen molar-refractivity contribution in [2.75, 3.05) is 19.9 Å². The van der Waals surface area contributed by atoms with Gasteiger partial charge in [-0.2, -0.15) is 0 Å². The predicted molar refractivity (Wildman–Crippen MR) is 138 cm³/mol. The van der Waals surface area contributed by atoms with E-state index in [-0.39, 0.29) is 27.9 Å². The standard InChI is InChI=1S/C29H29NO6.2H2/c1-18-2-3-19(12-24(18)20-4-6-21(7-5-20)28(34)30-15-23(32)16-31)13-27(33)29(10-11-29)22-8-9-25-26(14-22)36-17-35-25;;/h2-9,12,14,23,31-32H,10-11,13,15-17H2,1H3,(H,30,34);2*1H/t23-;;/m0../s1. The molecule has 36 heavy (non-hydrogen) atoms. The van der Waals surface area contributed by atoms with Crippen molar-refractivity contribution < 1.29 is 32.1 Å². The lowest BCUT2D eigenvalue weighted by Crippen LogP contribution is -2.33. The second kappa shape index (κ2) is 9.76. The van der Waals surface area contributed by atoms with E-state index in [0.29, 0.717) is 17.7 Å². The third-order valence-electron chi connectivity index (χ3n) is 7.04. The van der Waals surface area contributed by atoms with Crippen molar-refractivity contribution in [3.63, 3.8) is 0 Å². The van der Waals surface area contributed by atoms with Gasteiger partial charge < -0.3 is 25.0 Å². The highest BCUT2D eigenvalue weighted by atomic mass is 16.7. The van der Waals surface area contributed by atoms with E-state index in [1.165, 1.54) is 0 Å². The molecule has 0 radical (unpaired) electrons. The summed E-state index contributed by atoms with van der Waals surface area (Å²) in [6.45, 7) is 1.81. The van der Waals surface area contributed by atoms with Crippen LogP contribution in [0.15, 0.2) is 60.7 Å². The fourth-order valence-corrected chi connectivity index (χ4v) is 4.67. The van der Waals surface area contributed by atoms with Gasteiger partial charge in [-0.15, -0.1) is 0 Å². The van der Waals surface area contributed by atoms with Crippen LogP contribution in [0.25, 0.3) is 11.1 Å². The molecule has 7 heteroatoms. The van der Waals surface area contributed by atoms with Crippen molar-refractivity contribution in [2.24, 2.45) is 0 Å². The molecule has 0 saturated heterocycles. The summed E-state index contributed by atoms with van der Waals surface area (Å²) < 4.78 is 10.9. The molecule has 1 atom stereocenters. The minimum absolute atomic E-state index is 0. The zero-order valence-electron chi connectivity index (χ0n) is 20.1. The summed E-state index contributed by atoms with van der Waals surface area (Å²) in [6.07, 6.45) is 1.03. The Kier molecular flexibility index (Phi) is 6.51. The summed E-state index contributed by atoms with van der Waals surface area (Å²) >= 11 is 0. The molecule has 0 spiro atoms. The molecule has 1 saturated carbocycles. The Hall–Kier alpha value is -3.68. The molecule has 1 amide bonds. The van der Waals surface area contributed by atoms with E-state index >= 15 is 0 Å². The fraction of sp³-hybridized carbons (Fsp3) is 0.310. The van der Waals surface area contributed by atoms with E-state index in [1.54, 1.807) is 12.1 Å². The quantitative estimate of drug-likeness (QED) is 0.421. The molecule has 0 aromatic heterocycles. The summed E-state index contributed by atoms with van der Waals surface area (Å²) in [4.78, 5) is 25.7. The molecule has 7 nitrogen and oxygen atoms in total. The second-order valence-corrected chi connectivity index (χ2v) is 9.52. The Labute approximate surface area is 212 Å². The Morgan fingerprint density at radius 1 is 1.03 bits per heavy atom. The highest BCUT2D eigenvalue weighted by Gasteiger charge is 2.50. The van der Waals surface area contributed by atoms with Gasteiger partial charge in [-0.25, -0.2) is 0 Å². The van der Waals surface area contributed by atoms with E-state index in [0.717, 1.165) is 46.4 Å². The predicted octanol–water partition coefficient (Wildman–Crippen LogP) is 3.81. The minimum Gasteiger partial charge on any atom is -0.454 e. The molecular weight excluding hydrogens is 458 g/mol. The molecule has 190 valence electrons. The number of aryl methyl sites for hydroxylation is 1. The lowest BCUT2D eigenvalue weighted by Gasteiger charge is -2.16. The van der Waals surface area contributed by atoms with Crippen molar-refractivity contribution in [1.29, 1.82) is 0 Å². The summed E-state index contributed by atoms with van der Waals surface area (Å²) in [7, 11) is 0. The number of amides is 1. The van der Waals surface area contributed by atoms with Crippen molar-refractivity contribution in [1.82, 2.24) is 5.32 Å². The molecule has 3 N–H and O–H groups in total. The number of hydrogen-bond donors (Lipinski definition) is 3. The number of carbonyl (C=O) groups excluding carboxylic acids is 2. The Balaban J connectivity index is 0.00000200. The van der Waals surface area contributed by atoms with Crippen molar-refractivity contribution in [2.45, 2.75) is 37.7 Å². The molecule has 1 fully saturated rings. The zero-order chi connectivity index (χ0) is 25.3. The van der Waals surface area contributed by atoms with Crippen LogP contribution in [0.1, 0.15) is 42.7 Å². The van der Waals surface area contributed by atoms with Gasteiger partial charge in [0.15, 0.2) is 11.5 Å². The number of ether oxygens (including phenoxy) is 2. The Bertz CT molecular complexity index is 1310. The van der Waals surface area contributed by atoms with Crippen LogP contribution in [0.2, 0.25) is 0 Å². The normalized spacial score (nSPS) is 15.9. The highest BCUT2D eigenvalue weighted by molar-refractivity contribution is 5.96. The van der Waals surface area contributed by atoms with Crippen LogP contribution in [0.4, 0.5) is 0 Å². The number of rotatable bonds is 9. The third-order valence-corrected chi connectivity index (χ3v) is 7.04. The van der Waals surface area contributed by atoms with Crippen LogP contribution in [-0.4, -0.2) is 48.0 Å². The monoisotopic (exact) mass is 491 g/mol. The molecule has 2 aliphatic rings. The number of aliphatic hydroxyl groups is 2. The number of carbonyl (C=O) groups is 2. The molecule has 1 aliphatic carbocycles. The van der Waals surface area contributed by atoms with Crippen LogP contribution in [-0.2, 0) is 16.6 Å². The first-order valence-corrected chi connectivity index (χ1v) is 12.1. The molecule has 1 heterocycles. The fourth-order valence-electron chi connectivity index (χ4n) is 4.67. The molecule has 3 aromatic carbocycles. The smallest absolute Gasteiger partial charge is 0.251 e. The largest absolute Gasteiger partial charge is 0.454 e. The second-order valence-electron chi connectivity index (χ2n) is 9.52. The third kappa shape index (κ3) is 4.72. The lowest BCUT2D eigenvalue weighted by atomic mass is 9.87. The Morgan fingerprint density at radius 2 is 1.78 bits per heavy atom. The van der Waals surface area contributed by atoms with Crippen molar-refractivity contribution in [3.8, 4) is 22.6 Å². The average Bonchev–Trinajstić information content (AvgIpc) is 3.59. The van der Waals surface area contributed by atoms with Crippen molar-refractivity contribution in [3.05, 3.63) is 82.9 Å². The van der Waals surface area contributed by atoms with Gasteiger partial charge >= 0.3 is 0 Å². The average molecular weight is 492 g/mol. The summed E-state index contributed by atoms with van der Waals surface area (Å²) in [5.74, 6) is 1.30. The molecule has 1 aliphatic heterocycles. The SMILES string of the molecule is Cc1ccc(CC(=O)C2(c3ccc4c(c3)OCO4)CC2)cc1-c1ccc(C(=O)NC[C@H](O)CO)cc1.[HH].[HH]. The van der Waals surface area contributed by atoms with Crippen LogP contribution in [0, 0.1) is 6.92 Å². The van der Waals surface area contributed by atoms with E-state index in [2.05, 4.69) is 11.4 Å². The first-order chi connectivity index (χ1) is 17.4. The molecule has 0 bridgehead atoms. The highest BCUT2D eigenvalue weighted by Crippen LogP contribution is 2.51. The van der Waals surface area contributed by atoms with E-state index in [1.807, 2.05) is 49.4 Å². The topological polar surface area (TPSA) is 105 Å². The van der Waals surface area contributed by atoms with Crippen LogP contribution < -0.4 is 14.8 Å². The molecular formula is C29H33NO6. The van der Waals surface area contributed by atoms with Gasteiger partial charge in [0.1, 0.15) is 5.78 Å². The van der Waals surface area contributed by atoms with Gasteiger partial charge in [0.05, 0.1) is 18.1 Å². The van der Waals surface area contributed by atoms with Crippen LogP contribution in [0.3, 0.4) is 0 Å². The van der Waals surface area contributed by atoms with E-state index in [4.69, 9.17) is 14.6 Å². The first-order valence-electron chi connectivity index (χ1n) is 12.1. The zero-order valence-corrected chi connectivity index (χ0v) is 20.1. The summed E-state index contributed by atoms with van der Waals surface area (Å²) in [5, 5.41) is 20.9. The van der Waals surface area contributed by atoms with Gasteiger partial charge in [-0.1, -0.05) is 36.4 Å². The van der Waals surface area contributed by atoms with E-state index in [9.17, 15) is 14.7 Å².